The number of nitrogens with zero attached hydrogens (tertiary/aromatic N) is 4. The maximum atomic E-state index is 12.6. The number of nitrogens with one attached hydrogen (secondary N) is 1. The Morgan fingerprint density at radius 2 is 1.93 bits per heavy atom. The van der Waals surface area contributed by atoms with E-state index >= 15 is 0 Å². The predicted octanol–water partition coefficient (Wildman–Crippen LogP) is 2.70. The van der Waals surface area contributed by atoms with Crippen LogP contribution in [0.15, 0.2) is 42.7 Å². The Labute approximate surface area is 162 Å². The zero-order valence-electron chi connectivity index (χ0n) is 15.3. The van der Waals surface area contributed by atoms with E-state index in [0.717, 1.165) is 5.56 Å². The van der Waals surface area contributed by atoms with Crippen LogP contribution in [-0.4, -0.2) is 42.9 Å². The number of halogens is 1. The average Bonchev–Trinajstić information content (AvgIpc) is 3.06. The molecule has 0 aliphatic rings. The first-order chi connectivity index (χ1) is 12.7. The quantitative estimate of drug-likeness (QED) is 0.704. The van der Waals surface area contributed by atoms with Gasteiger partial charge < -0.3 is 10.4 Å². The molecule has 0 aliphatic carbocycles. The molecule has 0 atom stereocenters. The number of benzene rings is 1. The van der Waals surface area contributed by atoms with Gasteiger partial charge in [0.05, 0.1) is 23.1 Å². The Morgan fingerprint density at radius 3 is 2.52 bits per heavy atom. The summed E-state index contributed by atoms with van der Waals surface area (Å²) in [6.45, 7) is 3.34. The first-order valence-corrected chi connectivity index (χ1v) is 8.74. The zero-order valence-corrected chi connectivity index (χ0v) is 16.0. The summed E-state index contributed by atoms with van der Waals surface area (Å²) in [5, 5.41) is 17.3. The number of aliphatic hydroxyl groups is 1. The molecule has 0 aliphatic heterocycles. The largest absolute Gasteiger partial charge is 0.389 e. The molecular formula is C19H20ClN5O2. The molecule has 1 amide bonds. The average molecular weight is 386 g/mol. The van der Waals surface area contributed by atoms with Crippen molar-refractivity contribution in [2.45, 2.75) is 19.4 Å². The van der Waals surface area contributed by atoms with Crippen LogP contribution in [0.25, 0.3) is 22.6 Å². The van der Waals surface area contributed by atoms with Gasteiger partial charge in [-0.3, -0.25) is 9.48 Å². The molecule has 3 aromatic rings. The highest BCUT2D eigenvalue weighted by atomic mass is 35.5. The van der Waals surface area contributed by atoms with Gasteiger partial charge in [0.25, 0.3) is 5.91 Å². The summed E-state index contributed by atoms with van der Waals surface area (Å²) in [7, 11) is 1.80. The zero-order chi connectivity index (χ0) is 19.6. The van der Waals surface area contributed by atoms with Crippen LogP contribution in [0.1, 0.15) is 24.3 Å². The molecule has 0 saturated heterocycles. The van der Waals surface area contributed by atoms with E-state index in [1.165, 1.54) is 0 Å². The van der Waals surface area contributed by atoms with E-state index in [-0.39, 0.29) is 18.1 Å². The Morgan fingerprint density at radius 1 is 1.22 bits per heavy atom. The topological polar surface area (TPSA) is 92.9 Å². The van der Waals surface area contributed by atoms with Crippen molar-refractivity contribution in [2.24, 2.45) is 7.05 Å². The van der Waals surface area contributed by atoms with E-state index in [1.807, 2.05) is 12.1 Å². The monoisotopic (exact) mass is 385 g/mol. The van der Waals surface area contributed by atoms with E-state index in [2.05, 4.69) is 20.4 Å². The fourth-order valence-corrected chi connectivity index (χ4v) is 2.51. The summed E-state index contributed by atoms with van der Waals surface area (Å²) in [5.74, 6) is 0.00355. The van der Waals surface area contributed by atoms with Gasteiger partial charge in [-0.15, -0.1) is 0 Å². The number of aromatic nitrogens is 4. The Bertz CT molecular complexity index is 961. The summed E-state index contributed by atoms with van der Waals surface area (Å²) >= 11 is 5.96. The van der Waals surface area contributed by atoms with Crippen LogP contribution in [0.5, 0.6) is 0 Å². The lowest BCUT2D eigenvalue weighted by Gasteiger charge is -2.17. The molecule has 1 aromatic carbocycles. The van der Waals surface area contributed by atoms with Crippen molar-refractivity contribution in [2.75, 3.05) is 6.54 Å². The predicted molar refractivity (Wildman–Crippen MR) is 103 cm³/mol. The Hall–Kier alpha value is -2.77. The molecule has 8 heteroatoms. The van der Waals surface area contributed by atoms with Crippen molar-refractivity contribution in [3.05, 3.63) is 53.4 Å². The number of carbonyl (C=O) groups is 1. The molecule has 7 nitrogen and oxygen atoms in total. The van der Waals surface area contributed by atoms with Crippen LogP contribution in [0.4, 0.5) is 0 Å². The third-order valence-electron chi connectivity index (χ3n) is 3.74. The van der Waals surface area contributed by atoms with Crippen LogP contribution in [0, 0.1) is 0 Å². The van der Waals surface area contributed by atoms with Crippen LogP contribution >= 0.6 is 11.6 Å². The minimum absolute atomic E-state index is 0.105. The number of carbonyl (C=O) groups excluding carboxylic acids is 1. The lowest BCUT2D eigenvalue weighted by molar-refractivity contribution is 0.0692. The first kappa shape index (κ1) is 19.0. The highest BCUT2D eigenvalue weighted by molar-refractivity contribution is 6.30. The standard InChI is InChI=1S/C19H20ClN5O2/c1-19(2,27)11-21-18(26)16-8-15(12-4-6-14(20)7-5-12)23-17(24-16)13-9-22-25(3)10-13/h4-10,27H,11H2,1-3H3,(H,21,26). The van der Waals surface area contributed by atoms with E-state index in [9.17, 15) is 9.90 Å². The molecule has 0 fully saturated rings. The second-order valence-corrected chi connectivity index (χ2v) is 7.30. The third kappa shape index (κ3) is 4.90. The van der Waals surface area contributed by atoms with Crippen molar-refractivity contribution in [1.82, 2.24) is 25.1 Å². The Kier molecular flexibility index (Phi) is 5.25. The lowest BCUT2D eigenvalue weighted by atomic mass is 10.1. The number of rotatable bonds is 5. The molecule has 0 spiro atoms. The van der Waals surface area contributed by atoms with Gasteiger partial charge in [-0.05, 0) is 32.0 Å². The number of hydrogen-bond acceptors (Lipinski definition) is 5. The van der Waals surface area contributed by atoms with Crippen molar-refractivity contribution in [3.8, 4) is 22.6 Å². The van der Waals surface area contributed by atoms with Crippen LogP contribution in [0.3, 0.4) is 0 Å². The van der Waals surface area contributed by atoms with Gasteiger partial charge in [0.15, 0.2) is 5.82 Å². The molecule has 0 bridgehead atoms. The van der Waals surface area contributed by atoms with Crippen LogP contribution in [-0.2, 0) is 7.05 Å². The minimum atomic E-state index is -1.02. The van der Waals surface area contributed by atoms with Gasteiger partial charge in [0.2, 0.25) is 0 Å². The number of amides is 1. The van der Waals surface area contributed by atoms with Gasteiger partial charge in [-0.2, -0.15) is 5.10 Å². The van der Waals surface area contributed by atoms with Crippen molar-refractivity contribution >= 4 is 17.5 Å². The van der Waals surface area contributed by atoms with E-state index in [1.54, 1.807) is 56.2 Å². The number of aryl methyl sites for hydroxylation is 1. The minimum Gasteiger partial charge on any atom is -0.389 e. The Balaban J connectivity index is 2.02. The van der Waals surface area contributed by atoms with E-state index in [0.29, 0.717) is 22.1 Å². The van der Waals surface area contributed by atoms with Gasteiger partial charge >= 0.3 is 0 Å². The van der Waals surface area contributed by atoms with Crippen molar-refractivity contribution in [3.63, 3.8) is 0 Å². The number of hydrogen-bond donors (Lipinski definition) is 2. The third-order valence-corrected chi connectivity index (χ3v) is 4.00. The summed E-state index contributed by atoms with van der Waals surface area (Å²) in [6, 6.07) is 8.79. The molecule has 2 aromatic heterocycles. The molecule has 3 rings (SSSR count). The van der Waals surface area contributed by atoms with E-state index < -0.39 is 5.60 Å². The molecule has 27 heavy (non-hydrogen) atoms. The maximum absolute atomic E-state index is 12.6. The normalized spacial score (nSPS) is 11.4. The fraction of sp³-hybridized carbons (Fsp3) is 0.263. The highest BCUT2D eigenvalue weighted by Gasteiger charge is 2.18. The second kappa shape index (κ2) is 7.46. The smallest absolute Gasteiger partial charge is 0.270 e. The molecule has 2 heterocycles. The van der Waals surface area contributed by atoms with Gasteiger partial charge in [-0.25, -0.2) is 9.97 Å². The lowest BCUT2D eigenvalue weighted by Crippen LogP contribution is -2.38. The SMILES string of the molecule is Cn1cc(-c2nc(C(=O)NCC(C)(C)O)cc(-c3ccc(Cl)cc3)n2)cn1. The second-order valence-electron chi connectivity index (χ2n) is 6.87. The van der Waals surface area contributed by atoms with Gasteiger partial charge in [-0.1, -0.05) is 23.7 Å². The van der Waals surface area contributed by atoms with E-state index in [4.69, 9.17) is 11.6 Å². The van der Waals surface area contributed by atoms with Gasteiger partial charge in [0, 0.05) is 30.4 Å². The van der Waals surface area contributed by atoms with Crippen molar-refractivity contribution < 1.29 is 9.90 Å². The van der Waals surface area contributed by atoms with Crippen LogP contribution in [0.2, 0.25) is 5.02 Å². The fourth-order valence-electron chi connectivity index (χ4n) is 2.39. The summed E-state index contributed by atoms with van der Waals surface area (Å²) in [4.78, 5) is 21.5. The molecule has 2 N–H and O–H groups in total. The summed E-state index contributed by atoms with van der Waals surface area (Å²) in [5.41, 5.74) is 1.29. The molecular weight excluding hydrogens is 366 g/mol. The molecule has 0 unspecified atom stereocenters. The molecule has 0 radical (unpaired) electrons. The summed E-state index contributed by atoms with van der Waals surface area (Å²) in [6.07, 6.45) is 3.42. The van der Waals surface area contributed by atoms with Crippen molar-refractivity contribution in [1.29, 1.82) is 0 Å². The summed E-state index contributed by atoms with van der Waals surface area (Å²) < 4.78 is 1.64. The highest BCUT2D eigenvalue weighted by Crippen LogP contribution is 2.23. The van der Waals surface area contributed by atoms with Crippen LogP contribution < -0.4 is 5.32 Å². The molecule has 0 saturated carbocycles. The first-order valence-electron chi connectivity index (χ1n) is 8.36. The van der Waals surface area contributed by atoms with Gasteiger partial charge in [0.1, 0.15) is 5.69 Å². The maximum Gasteiger partial charge on any atom is 0.270 e. The molecule has 140 valence electrons.